The van der Waals surface area contributed by atoms with Crippen LogP contribution in [0.15, 0.2) is 54.6 Å². The molecule has 0 fully saturated rings. The van der Waals surface area contributed by atoms with Crippen molar-refractivity contribution in [3.63, 3.8) is 0 Å². The number of hydrogen-bond acceptors (Lipinski definition) is 1. The summed E-state index contributed by atoms with van der Waals surface area (Å²) in [6.07, 6.45) is -3.73. The SMILES string of the molecule is O=C(O)[C@H](CCc1ccccc1)c1cccc(C(F)(F)F)c1. The third-order valence-corrected chi connectivity index (χ3v) is 3.48. The number of aryl methyl sites for hydroxylation is 1. The minimum absolute atomic E-state index is 0.179. The first-order valence-electron chi connectivity index (χ1n) is 6.82. The molecule has 0 aliphatic heterocycles. The van der Waals surface area contributed by atoms with Gasteiger partial charge in [-0.1, -0.05) is 48.5 Å². The number of hydrogen-bond donors (Lipinski definition) is 1. The van der Waals surface area contributed by atoms with E-state index >= 15 is 0 Å². The highest BCUT2D eigenvalue weighted by atomic mass is 19.4. The lowest BCUT2D eigenvalue weighted by atomic mass is 9.91. The number of aliphatic carboxylic acids is 1. The van der Waals surface area contributed by atoms with Gasteiger partial charge in [0.2, 0.25) is 0 Å². The van der Waals surface area contributed by atoms with Crippen LogP contribution >= 0.6 is 0 Å². The summed E-state index contributed by atoms with van der Waals surface area (Å²) in [5, 5.41) is 9.32. The number of carboxylic acids is 1. The largest absolute Gasteiger partial charge is 0.481 e. The second kappa shape index (κ2) is 6.64. The van der Waals surface area contributed by atoms with Crippen LogP contribution in [0.3, 0.4) is 0 Å². The summed E-state index contributed by atoms with van der Waals surface area (Å²) in [7, 11) is 0. The Balaban J connectivity index is 2.20. The van der Waals surface area contributed by atoms with Crippen LogP contribution in [0.25, 0.3) is 0 Å². The van der Waals surface area contributed by atoms with Gasteiger partial charge in [0.05, 0.1) is 11.5 Å². The fourth-order valence-corrected chi connectivity index (χ4v) is 2.32. The summed E-state index contributed by atoms with van der Waals surface area (Å²) >= 11 is 0. The quantitative estimate of drug-likeness (QED) is 0.882. The minimum atomic E-state index is -4.47. The van der Waals surface area contributed by atoms with Gasteiger partial charge >= 0.3 is 12.1 Å². The summed E-state index contributed by atoms with van der Waals surface area (Å²) in [4.78, 5) is 11.4. The lowest BCUT2D eigenvalue weighted by Crippen LogP contribution is -2.14. The van der Waals surface area contributed by atoms with E-state index < -0.39 is 23.6 Å². The summed E-state index contributed by atoms with van der Waals surface area (Å²) in [5.41, 5.74) is 0.315. The van der Waals surface area contributed by atoms with Gasteiger partial charge in [0.15, 0.2) is 0 Å². The molecule has 0 heterocycles. The lowest BCUT2D eigenvalue weighted by molar-refractivity contribution is -0.140. The van der Waals surface area contributed by atoms with Crippen molar-refractivity contribution < 1.29 is 23.1 Å². The van der Waals surface area contributed by atoms with E-state index in [-0.39, 0.29) is 12.0 Å². The zero-order chi connectivity index (χ0) is 16.2. The molecule has 2 aromatic carbocycles. The third-order valence-electron chi connectivity index (χ3n) is 3.48. The van der Waals surface area contributed by atoms with E-state index in [1.54, 1.807) is 0 Å². The summed E-state index contributed by atoms with van der Waals surface area (Å²) in [6, 6.07) is 13.8. The summed E-state index contributed by atoms with van der Waals surface area (Å²) in [6.45, 7) is 0. The smallest absolute Gasteiger partial charge is 0.416 e. The van der Waals surface area contributed by atoms with E-state index in [1.807, 2.05) is 30.3 Å². The Morgan fingerprint density at radius 1 is 1.05 bits per heavy atom. The number of halogens is 3. The molecule has 0 saturated carbocycles. The monoisotopic (exact) mass is 308 g/mol. The molecule has 1 N–H and O–H groups in total. The molecule has 0 aliphatic rings. The minimum Gasteiger partial charge on any atom is -0.481 e. The van der Waals surface area contributed by atoms with Crippen LogP contribution < -0.4 is 0 Å². The Hall–Kier alpha value is -2.30. The molecule has 116 valence electrons. The van der Waals surface area contributed by atoms with Crippen molar-refractivity contribution in [2.45, 2.75) is 24.9 Å². The Kier molecular flexibility index (Phi) is 4.85. The topological polar surface area (TPSA) is 37.3 Å². The Morgan fingerprint density at radius 3 is 2.32 bits per heavy atom. The predicted molar refractivity (Wildman–Crippen MR) is 76.6 cm³/mol. The number of rotatable bonds is 5. The molecule has 0 bridgehead atoms. The van der Waals surface area contributed by atoms with E-state index in [2.05, 4.69) is 0 Å². The summed E-state index contributed by atoms with van der Waals surface area (Å²) in [5.74, 6) is -2.07. The average molecular weight is 308 g/mol. The highest BCUT2D eigenvalue weighted by Crippen LogP contribution is 2.32. The molecular weight excluding hydrogens is 293 g/mol. The molecule has 0 aliphatic carbocycles. The molecule has 0 aromatic heterocycles. The van der Waals surface area contributed by atoms with E-state index in [0.29, 0.717) is 6.42 Å². The zero-order valence-electron chi connectivity index (χ0n) is 11.7. The first-order valence-corrected chi connectivity index (χ1v) is 6.82. The maximum absolute atomic E-state index is 12.7. The van der Waals surface area contributed by atoms with Crippen LogP contribution in [0.2, 0.25) is 0 Å². The van der Waals surface area contributed by atoms with Crippen molar-refractivity contribution in [1.82, 2.24) is 0 Å². The van der Waals surface area contributed by atoms with Crippen molar-refractivity contribution in [3.8, 4) is 0 Å². The van der Waals surface area contributed by atoms with Crippen LogP contribution in [0.1, 0.15) is 29.0 Å². The van der Waals surface area contributed by atoms with Gasteiger partial charge in [-0.25, -0.2) is 0 Å². The summed E-state index contributed by atoms with van der Waals surface area (Å²) < 4.78 is 38.2. The van der Waals surface area contributed by atoms with Gasteiger partial charge in [0, 0.05) is 0 Å². The first kappa shape index (κ1) is 16.1. The molecule has 0 amide bonds. The average Bonchev–Trinajstić information content (AvgIpc) is 2.48. The Morgan fingerprint density at radius 2 is 1.73 bits per heavy atom. The highest BCUT2D eigenvalue weighted by molar-refractivity contribution is 5.76. The van der Waals surface area contributed by atoms with E-state index in [0.717, 1.165) is 17.7 Å². The van der Waals surface area contributed by atoms with Crippen LogP contribution in [0.5, 0.6) is 0 Å². The first-order chi connectivity index (χ1) is 10.4. The molecule has 0 spiro atoms. The van der Waals surface area contributed by atoms with Crippen molar-refractivity contribution in [2.24, 2.45) is 0 Å². The number of benzene rings is 2. The molecule has 5 heteroatoms. The second-order valence-corrected chi connectivity index (χ2v) is 5.04. The number of alkyl halides is 3. The maximum Gasteiger partial charge on any atom is 0.416 e. The molecule has 1 atom stereocenters. The van der Waals surface area contributed by atoms with Crippen molar-refractivity contribution in [3.05, 3.63) is 71.3 Å². The van der Waals surface area contributed by atoms with E-state index in [1.165, 1.54) is 12.1 Å². The second-order valence-electron chi connectivity index (χ2n) is 5.04. The third kappa shape index (κ3) is 4.10. The molecule has 2 nitrogen and oxygen atoms in total. The van der Waals surface area contributed by atoms with Gasteiger partial charge in [-0.2, -0.15) is 13.2 Å². The van der Waals surface area contributed by atoms with Gasteiger partial charge in [-0.3, -0.25) is 4.79 Å². The van der Waals surface area contributed by atoms with Gasteiger partial charge in [0.1, 0.15) is 0 Å². The van der Waals surface area contributed by atoms with Gasteiger partial charge in [-0.05, 0) is 30.0 Å². The van der Waals surface area contributed by atoms with Crippen LogP contribution in [0, 0.1) is 0 Å². The highest BCUT2D eigenvalue weighted by Gasteiger charge is 2.31. The fraction of sp³-hybridized carbons (Fsp3) is 0.235. The van der Waals surface area contributed by atoms with E-state index in [9.17, 15) is 23.1 Å². The molecule has 0 saturated heterocycles. The van der Waals surface area contributed by atoms with Gasteiger partial charge in [-0.15, -0.1) is 0 Å². The standard InChI is InChI=1S/C17H15F3O2/c18-17(19,20)14-8-4-7-13(11-14)15(16(21)22)10-9-12-5-2-1-3-6-12/h1-8,11,15H,9-10H2,(H,21,22)/t15-/m1/s1. The number of carboxylic acid groups (broad SMARTS) is 1. The molecule has 0 radical (unpaired) electrons. The number of carbonyl (C=O) groups is 1. The Bertz CT molecular complexity index is 636. The van der Waals surface area contributed by atoms with Crippen LogP contribution in [0.4, 0.5) is 13.2 Å². The van der Waals surface area contributed by atoms with Crippen LogP contribution in [-0.4, -0.2) is 11.1 Å². The molecule has 2 aromatic rings. The predicted octanol–water partition coefficient (Wildman–Crippen LogP) is 4.51. The maximum atomic E-state index is 12.7. The fourth-order valence-electron chi connectivity index (χ4n) is 2.32. The normalized spacial score (nSPS) is 12.9. The van der Waals surface area contributed by atoms with Gasteiger partial charge < -0.3 is 5.11 Å². The zero-order valence-corrected chi connectivity index (χ0v) is 11.7. The Labute approximate surface area is 126 Å². The lowest BCUT2D eigenvalue weighted by Gasteiger charge is -2.15. The van der Waals surface area contributed by atoms with Crippen LogP contribution in [-0.2, 0) is 17.4 Å². The van der Waals surface area contributed by atoms with Gasteiger partial charge in [0.25, 0.3) is 0 Å². The van der Waals surface area contributed by atoms with E-state index in [4.69, 9.17) is 0 Å². The van der Waals surface area contributed by atoms with Crippen molar-refractivity contribution >= 4 is 5.97 Å². The molecule has 22 heavy (non-hydrogen) atoms. The molecule has 0 unspecified atom stereocenters. The van der Waals surface area contributed by atoms with Crippen molar-refractivity contribution in [2.75, 3.05) is 0 Å². The molecule has 2 rings (SSSR count). The van der Waals surface area contributed by atoms with Crippen molar-refractivity contribution in [1.29, 1.82) is 0 Å². The molecular formula is C17H15F3O2.